The number of amidine groups is 1. The zero-order valence-electron chi connectivity index (χ0n) is 11.6. The van der Waals surface area contributed by atoms with Gasteiger partial charge in [-0.2, -0.15) is 0 Å². The summed E-state index contributed by atoms with van der Waals surface area (Å²) in [4.78, 5) is 2.28. The zero-order valence-corrected chi connectivity index (χ0v) is 11.6. The van der Waals surface area contributed by atoms with Crippen LogP contribution in [0.15, 0.2) is 30.3 Å². The molecule has 2 heteroatoms. The van der Waals surface area contributed by atoms with Crippen LogP contribution < -0.4 is 0 Å². The Bertz CT molecular complexity index is 387. The van der Waals surface area contributed by atoms with Crippen LogP contribution in [0.5, 0.6) is 0 Å². The van der Waals surface area contributed by atoms with E-state index in [2.05, 4.69) is 49.1 Å². The van der Waals surface area contributed by atoms with Crippen LogP contribution in [-0.4, -0.2) is 23.8 Å². The highest BCUT2D eigenvalue weighted by Crippen LogP contribution is 2.34. The van der Waals surface area contributed by atoms with Crippen molar-refractivity contribution in [2.75, 3.05) is 13.1 Å². The molecule has 2 rings (SSSR count). The van der Waals surface area contributed by atoms with Crippen molar-refractivity contribution in [3.63, 3.8) is 0 Å². The lowest BCUT2D eigenvalue weighted by Gasteiger charge is -2.37. The van der Waals surface area contributed by atoms with Gasteiger partial charge in [0.1, 0.15) is 5.84 Å². The molecular formula is C16H24N2. The van der Waals surface area contributed by atoms with E-state index in [1.54, 1.807) is 0 Å². The van der Waals surface area contributed by atoms with Gasteiger partial charge >= 0.3 is 0 Å². The predicted molar refractivity (Wildman–Crippen MR) is 77.2 cm³/mol. The van der Waals surface area contributed by atoms with Gasteiger partial charge in [-0.05, 0) is 31.2 Å². The summed E-state index contributed by atoms with van der Waals surface area (Å²) in [6.07, 6.45) is 4.48. The fourth-order valence-corrected chi connectivity index (χ4v) is 3.13. The Balaban J connectivity index is 2.34. The summed E-state index contributed by atoms with van der Waals surface area (Å²) < 4.78 is 0. The van der Waals surface area contributed by atoms with E-state index in [0.717, 1.165) is 31.8 Å². The maximum atomic E-state index is 8.65. The first-order valence-electron chi connectivity index (χ1n) is 7.14. The summed E-state index contributed by atoms with van der Waals surface area (Å²) in [5.74, 6) is 0.830. The van der Waals surface area contributed by atoms with Crippen LogP contribution in [0.3, 0.4) is 0 Å². The Hall–Kier alpha value is -1.31. The van der Waals surface area contributed by atoms with Gasteiger partial charge in [-0.25, -0.2) is 0 Å². The molecule has 0 aromatic heterocycles. The van der Waals surface area contributed by atoms with Crippen LogP contribution in [0.4, 0.5) is 0 Å². The molecule has 98 valence electrons. The molecule has 0 amide bonds. The monoisotopic (exact) mass is 244 g/mol. The van der Waals surface area contributed by atoms with Crippen LogP contribution in [0, 0.1) is 5.41 Å². The van der Waals surface area contributed by atoms with Crippen LogP contribution >= 0.6 is 0 Å². The molecule has 0 unspecified atom stereocenters. The van der Waals surface area contributed by atoms with E-state index < -0.39 is 0 Å². The summed E-state index contributed by atoms with van der Waals surface area (Å²) in [6.45, 7) is 6.54. The van der Waals surface area contributed by atoms with Crippen molar-refractivity contribution < 1.29 is 0 Å². The van der Waals surface area contributed by atoms with Gasteiger partial charge < -0.3 is 4.90 Å². The lowest BCUT2D eigenvalue weighted by molar-refractivity contribution is 0.417. The Morgan fingerprint density at radius 1 is 1.11 bits per heavy atom. The third-order valence-electron chi connectivity index (χ3n) is 4.41. The standard InChI is InChI=1S/C16H24N2/c1-3-16(4-2,14-10-6-5-7-11-14)15(17)18-12-8-9-13-18/h5-7,10-11,17H,3-4,8-9,12-13H2,1-2H3. The van der Waals surface area contributed by atoms with Crippen LogP contribution in [-0.2, 0) is 5.41 Å². The number of benzene rings is 1. The summed E-state index contributed by atoms with van der Waals surface area (Å²) >= 11 is 0. The quantitative estimate of drug-likeness (QED) is 0.632. The molecule has 1 aliphatic rings. The van der Waals surface area contributed by atoms with E-state index in [1.807, 2.05) is 0 Å². The summed E-state index contributed by atoms with van der Waals surface area (Å²) in [5, 5.41) is 8.65. The Labute approximate surface area is 111 Å². The van der Waals surface area contributed by atoms with Gasteiger partial charge in [-0.1, -0.05) is 44.2 Å². The normalized spacial score (nSPS) is 16.0. The second-order valence-corrected chi connectivity index (χ2v) is 5.20. The van der Waals surface area contributed by atoms with E-state index in [9.17, 15) is 0 Å². The molecular weight excluding hydrogens is 220 g/mol. The van der Waals surface area contributed by atoms with E-state index in [4.69, 9.17) is 5.41 Å². The molecule has 1 fully saturated rings. The molecule has 1 aromatic rings. The predicted octanol–water partition coefficient (Wildman–Crippen LogP) is 3.82. The first-order valence-corrected chi connectivity index (χ1v) is 7.14. The largest absolute Gasteiger partial charge is 0.360 e. The van der Waals surface area contributed by atoms with E-state index in [1.165, 1.54) is 18.4 Å². The lowest BCUT2D eigenvalue weighted by Crippen LogP contribution is -2.44. The average molecular weight is 244 g/mol. The highest BCUT2D eigenvalue weighted by atomic mass is 15.2. The Kier molecular flexibility index (Phi) is 4.05. The highest BCUT2D eigenvalue weighted by Gasteiger charge is 2.37. The van der Waals surface area contributed by atoms with Crippen molar-refractivity contribution in [2.45, 2.75) is 44.9 Å². The van der Waals surface area contributed by atoms with Crippen molar-refractivity contribution in [1.29, 1.82) is 5.41 Å². The zero-order chi connectivity index (χ0) is 13.0. The number of likely N-dealkylation sites (tertiary alicyclic amines) is 1. The fraction of sp³-hybridized carbons (Fsp3) is 0.562. The molecule has 0 radical (unpaired) electrons. The molecule has 0 spiro atoms. The molecule has 1 heterocycles. The molecule has 1 aliphatic heterocycles. The average Bonchev–Trinajstić information content (AvgIpc) is 2.96. The Morgan fingerprint density at radius 2 is 1.67 bits per heavy atom. The van der Waals surface area contributed by atoms with E-state index in [-0.39, 0.29) is 5.41 Å². The van der Waals surface area contributed by atoms with Gasteiger partial charge in [0, 0.05) is 13.1 Å². The molecule has 0 atom stereocenters. The number of nitrogens with one attached hydrogen (secondary N) is 1. The van der Waals surface area contributed by atoms with Crippen molar-refractivity contribution in [2.24, 2.45) is 0 Å². The van der Waals surface area contributed by atoms with Crippen molar-refractivity contribution in [1.82, 2.24) is 4.90 Å². The first kappa shape index (κ1) is 13.1. The maximum absolute atomic E-state index is 8.65. The minimum absolute atomic E-state index is 0.0917. The van der Waals surface area contributed by atoms with Crippen molar-refractivity contribution >= 4 is 5.84 Å². The van der Waals surface area contributed by atoms with Gasteiger partial charge in [-0.3, -0.25) is 5.41 Å². The van der Waals surface area contributed by atoms with Gasteiger partial charge in [0.2, 0.25) is 0 Å². The topological polar surface area (TPSA) is 27.1 Å². The van der Waals surface area contributed by atoms with Gasteiger partial charge in [0.15, 0.2) is 0 Å². The maximum Gasteiger partial charge on any atom is 0.107 e. The van der Waals surface area contributed by atoms with Crippen molar-refractivity contribution in [3.8, 4) is 0 Å². The van der Waals surface area contributed by atoms with Gasteiger partial charge in [-0.15, -0.1) is 0 Å². The number of rotatable bonds is 4. The van der Waals surface area contributed by atoms with Gasteiger partial charge in [0.05, 0.1) is 5.41 Å². The molecule has 1 N–H and O–H groups in total. The smallest absolute Gasteiger partial charge is 0.107 e. The summed E-state index contributed by atoms with van der Waals surface area (Å²) in [7, 11) is 0. The highest BCUT2D eigenvalue weighted by molar-refractivity contribution is 5.90. The third kappa shape index (κ3) is 2.16. The van der Waals surface area contributed by atoms with Gasteiger partial charge in [0.25, 0.3) is 0 Å². The fourth-order valence-electron chi connectivity index (χ4n) is 3.13. The first-order chi connectivity index (χ1) is 8.74. The van der Waals surface area contributed by atoms with E-state index >= 15 is 0 Å². The summed E-state index contributed by atoms with van der Waals surface area (Å²) in [5.41, 5.74) is 1.21. The molecule has 0 bridgehead atoms. The van der Waals surface area contributed by atoms with Crippen LogP contribution in [0.25, 0.3) is 0 Å². The molecule has 2 nitrogen and oxygen atoms in total. The Morgan fingerprint density at radius 3 is 2.17 bits per heavy atom. The molecule has 1 saturated heterocycles. The minimum atomic E-state index is -0.0917. The molecule has 0 aliphatic carbocycles. The lowest BCUT2D eigenvalue weighted by atomic mass is 9.74. The number of hydrogen-bond acceptors (Lipinski definition) is 1. The second-order valence-electron chi connectivity index (χ2n) is 5.20. The molecule has 1 aromatic carbocycles. The third-order valence-corrected chi connectivity index (χ3v) is 4.41. The number of nitrogens with zero attached hydrogens (tertiary/aromatic N) is 1. The summed E-state index contributed by atoms with van der Waals surface area (Å²) in [6, 6.07) is 10.6. The van der Waals surface area contributed by atoms with Crippen LogP contribution in [0.1, 0.15) is 45.1 Å². The second kappa shape index (κ2) is 5.55. The van der Waals surface area contributed by atoms with Crippen LogP contribution in [0.2, 0.25) is 0 Å². The minimum Gasteiger partial charge on any atom is -0.360 e. The molecule has 0 saturated carbocycles. The molecule has 18 heavy (non-hydrogen) atoms. The van der Waals surface area contributed by atoms with E-state index in [0.29, 0.717) is 0 Å². The van der Waals surface area contributed by atoms with Crippen molar-refractivity contribution in [3.05, 3.63) is 35.9 Å². The number of hydrogen-bond donors (Lipinski definition) is 1. The SMILES string of the molecule is CCC(CC)(C(=N)N1CCCC1)c1ccccc1.